The molecule has 0 radical (unpaired) electrons. The number of likely N-dealkylation sites (tertiary alicyclic amines) is 1. The van der Waals surface area contributed by atoms with E-state index in [1.54, 1.807) is 0 Å². The van der Waals surface area contributed by atoms with Gasteiger partial charge in [0.2, 0.25) is 0 Å². The van der Waals surface area contributed by atoms with Crippen molar-refractivity contribution in [1.29, 1.82) is 0 Å². The molecule has 0 aliphatic carbocycles. The lowest BCUT2D eigenvalue weighted by Gasteiger charge is -2.28. The van der Waals surface area contributed by atoms with Crippen LogP contribution in [0.3, 0.4) is 0 Å². The lowest BCUT2D eigenvalue weighted by atomic mass is 10.1. The van der Waals surface area contributed by atoms with Crippen molar-refractivity contribution in [3.63, 3.8) is 0 Å². The second kappa shape index (κ2) is 11.5. The van der Waals surface area contributed by atoms with Crippen LogP contribution >= 0.6 is 0 Å². The van der Waals surface area contributed by atoms with Crippen molar-refractivity contribution in [1.82, 2.24) is 20.4 Å². The van der Waals surface area contributed by atoms with E-state index in [9.17, 15) is 0 Å². The second-order valence-electron chi connectivity index (χ2n) is 8.65. The Kier molecular flexibility index (Phi) is 8.77. The number of rotatable bonds is 8. The summed E-state index contributed by atoms with van der Waals surface area (Å²) >= 11 is 0. The van der Waals surface area contributed by atoms with Gasteiger partial charge in [0.25, 0.3) is 0 Å². The average molecular weight is 402 g/mol. The molecule has 0 aromatic heterocycles. The zero-order valence-electron chi connectivity index (χ0n) is 18.5. The van der Waals surface area contributed by atoms with Crippen LogP contribution in [0.5, 0.6) is 0 Å². The Hall–Kier alpha value is -1.63. The Morgan fingerprint density at radius 3 is 2.62 bits per heavy atom. The molecule has 2 aliphatic heterocycles. The van der Waals surface area contributed by atoms with Crippen LogP contribution in [-0.2, 0) is 17.8 Å². The van der Waals surface area contributed by atoms with Gasteiger partial charge in [0, 0.05) is 52.4 Å². The molecule has 0 spiro atoms. The first-order valence-corrected chi connectivity index (χ1v) is 11.2. The molecule has 2 aliphatic rings. The zero-order valence-corrected chi connectivity index (χ0v) is 18.5. The highest BCUT2D eigenvalue weighted by Crippen LogP contribution is 2.18. The standard InChI is InChI=1S/C23H39N5O/c1-19(2)17-28-10-6-9-22(28)16-26-23(24-3)25-15-20-7-4-5-8-21(20)18-27-11-13-29-14-12-27/h4-5,7-8,19,22H,6,9-18H2,1-3H3,(H2,24,25,26)/t22-/m1/s1. The molecule has 2 heterocycles. The van der Waals surface area contributed by atoms with Crippen LogP contribution in [-0.4, -0.2) is 74.8 Å². The summed E-state index contributed by atoms with van der Waals surface area (Å²) in [6, 6.07) is 9.33. The first kappa shape index (κ1) is 22.1. The van der Waals surface area contributed by atoms with Crippen LogP contribution in [0.2, 0.25) is 0 Å². The van der Waals surface area contributed by atoms with Crippen molar-refractivity contribution in [2.75, 3.05) is 53.0 Å². The molecule has 162 valence electrons. The molecule has 3 rings (SSSR count). The molecule has 6 heteroatoms. The van der Waals surface area contributed by atoms with Gasteiger partial charge >= 0.3 is 0 Å². The van der Waals surface area contributed by atoms with E-state index in [0.29, 0.717) is 6.04 Å². The summed E-state index contributed by atoms with van der Waals surface area (Å²) < 4.78 is 5.48. The monoisotopic (exact) mass is 401 g/mol. The fourth-order valence-electron chi connectivity index (χ4n) is 4.33. The molecule has 6 nitrogen and oxygen atoms in total. The SMILES string of the molecule is CN=C(NCc1ccccc1CN1CCOCC1)NC[C@H]1CCCN1CC(C)C. The van der Waals surface area contributed by atoms with E-state index in [1.807, 2.05) is 7.05 Å². The highest BCUT2D eigenvalue weighted by Gasteiger charge is 2.24. The third-order valence-corrected chi connectivity index (χ3v) is 5.89. The Labute approximate surface area is 176 Å². The Morgan fingerprint density at radius 2 is 1.90 bits per heavy atom. The van der Waals surface area contributed by atoms with E-state index in [0.717, 1.165) is 57.8 Å². The Balaban J connectivity index is 1.49. The van der Waals surface area contributed by atoms with Crippen LogP contribution in [0.15, 0.2) is 29.3 Å². The normalized spacial score (nSPS) is 21.7. The van der Waals surface area contributed by atoms with Crippen molar-refractivity contribution in [2.24, 2.45) is 10.9 Å². The van der Waals surface area contributed by atoms with Crippen molar-refractivity contribution in [3.05, 3.63) is 35.4 Å². The van der Waals surface area contributed by atoms with Gasteiger partial charge in [0.1, 0.15) is 0 Å². The smallest absolute Gasteiger partial charge is 0.191 e. The number of nitrogens with zero attached hydrogens (tertiary/aromatic N) is 3. The molecule has 1 aromatic carbocycles. The van der Waals surface area contributed by atoms with Crippen molar-refractivity contribution in [2.45, 2.75) is 45.8 Å². The van der Waals surface area contributed by atoms with Gasteiger partial charge in [-0.1, -0.05) is 38.1 Å². The minimum atomic E-state index is 0.615. The Morgan fingerprint density at radius 1 is 1.14 bits per heavy atom. The maximum absolute atomic E-state index is 5.48. The molecular weight excluding hydrogens is 362 g/mol. The molecule has 0 unspecified atom stereocenters. The van der Waals surface area contributed by atoms with Crippen LogP contribution in [0.1, 0.15) is 37.8 Å². The average Bonchev–Trinajstić information content (AvgIpc) is 3.16. The predicted octanol–water partition coefficient (Wildman–Crippen LogP) is 2.30. The highest BCUT2D eigenvalue weighted by atomic mass is 16.5. The fourth-order valence-corrected chi connectivity index (χ4v) is 4.33. The number of aliphatic imine (C=N–C) groups is 1. The van der Waals surface area contributed by atoms with E-state index in [2.05, 4.69) is 63.5 Å². The summed E-state index contributed by atoms with van der Waals surface area (Å²) in [6.45, 7) is 13.5. The summed E-state index contributed by atoms with van der Waals surface area (Å²) in [5.74, 6) is 1.61. The van der Waals surface area contributed by atoms with Gasteiger partial charge in [0.05, 0.1) is 13.2 Å². The number of guanidine groups is 1. The van der Waals surface area contributed by atoms with Gasteiger partial charge in [-0.2, -0.15) is 0 Å². The molecule has 0 saturated carbocycles. The number of hydrogen-bond acceptors (Lipinski definition) is 4. The number of benzene rings is 1. The zero-order chi connectivity index (χ0) is 20.5. The third kappa shape index (κ3) is 6.98. The number of ether oxygens (including phenoxy) is 1. The number of nitrogens with one attached hydrogen (secondary N) is 2. The van der Waals surface area contributed by atoms with E-state index in [1.165, 1.54) is 37.1 Å². The van der Waals surface area contributed by atoms with Crippen LogP contribution < -0.4 is 10.6 Å². The van der Waals surface area contributed by atoms with Gasteiger partial charge in [0.15, 0.2) is 5.96 Å². The van der Waals surface area contributed by atoms with Crippen LogP contribution in [0.25, 0.3) is 0 Å². The highest BCUT2D eigenvalue weighted by molar-refractivity contribution is 5.79. The van der Waals surface area contributed by atoms with Crippen molar-refractivity contribution in [3.8, 4) is 0 Å². The fraction of sp³-hybridized carbons (Fsp3) is 0.696. The number of morpholine rings is 1. The van der Waals surface area contributed by atoms with Gasteiger partial charge in [-0.05, 0) is 36.4 Å². The van der Waals surface area contributed by atoms with Gasteiger partial charge in [-0.3, -0.25) is 14.8 Å². The maximum atomic E-state index is 5.48. The van der Waals surface area contributed by atoms with E-state index < -0.39 is 0 Å². The molecule has 2 N–H and O–H groups in total. The molecule has 1 atom stereocenters. The van der Waals surface area contributed by atoms with Crippen molar-refractivity contribution >= 4 is 5.96 Å². The largest absolute Gasteiger partial charge is 0.379 e. The second-order valence-corrected chi connectivity index (χ2v) is 8.65. The molecular formula is C23H39N5O. The third-order valence-electron chi connectivity index (χ3n) is 5.89. The van der Waals surface area contributed by atoms with E-state index in [4.69, 9.17) is 4.74 Å². The van der Waals surface area contributed by atoms with Gasteiger partial charge < -0.3 is 15.4 Å². The Bertz CT molecular complexity index is 642. The summed E-state index contributed by atoms with van der Waals surface area (Å²) in [6.07, 6.45) is 2.58. The maximum Gasteiger partial charge on any atom is 0.191 e. The lowest BCUT2D eigenvalue weighted by molar-refractivity contribution is 0.0341. The van der Waals surface area contributed by atoms with Crippen LogP contribution in [0, 0.1) is 5.92 Å². The first-order chi connectivity index (χ1) is 14.2. The minimum absolute atomic E-state index is 0.615. The molecule has 2 saturated heterocycles. The predicted molar refractivity (Wildman–Crippen MR) is 120 cm³/mol. The summed E-state index contributed by atoms with van der Waals surface area (Å²) in [7, 11) is 1.86. The number of hydrogen-bond donors (Lipinski definition) is 2. The van der Waals surface area contributed by atoms with E-state index in [-0.39, 0.29) is 0 Å². The summed E-state index contributed by atoms with van der Waals surface area (Å²) in [4.78, 5) is 9.54. The first-order valence-electron chi connectivity index (χ1n) is 11.2. The molecule has 29 heavy (non-hydrogen) atoms. The van der Waals surface area contributed by atoms with E-state index >= 15 is 0 Å². The van der Waals surface area contributed by atoms with Gasteiger partial charge in [-0.15, -0.1) is 0 Å². The molecule has 1 aromatic rings. The molecule has 0 bridgehead atoms. The molecule has 2 fully saturated rings. The summed E-state index contributed by atoms with van der Waals surface area (Å²) in [5.41, 5.74) is 2.72. The van der Waals surface area contributed by atoms with Gasteiger partial charge in [-0.25, -0.2) is 0 Å². The summed E-state index contributed by atoms with van der Waals surface area (Å²) in [5, 5.41) is 7.08. The topological polar surface area (TPSA) is 52.1 Å². The van der Waals surface area contributed by atoms with Crippen molar-refractivity contribution < 1.29 is 4.74 Å². The minimum Gasteiger partial charge on any atom is -0.379 e. The van der Waals surface area contributed by atoms with Crippen LogP contribution in [0.4, 0.5) is 0 Å². The quantitative estimate of drug-likeness (QED) is 0.517. The molecule has 0 amide bonds. The lowest BCUT2D eigenvalue weighted by Crippen LogP contribution is -2.45.